The summed E-state index contributed by atoms with van der Waals surface area (Å²) in [7, 11) is 0. The van der Waals surface area contributed by atoms with Crippen molar-refractivity contribution >= 4 is 39.1 Å². The Bertz CT molecular complexity index is 1750. The minimum atomic E-state index is -0.909. The Labute approximate surface area is 230 Å². The molecule has 0 spiro atoms. The number of ether oxygens (including phenoxy) is 2. The number of aliphatic hydroxyl groups excluding tert-OH is 2. The summed E-state index contributed by atoms with van der Waals surface area (Å²) >= 11 is 0. The van der Waals surface area contributed by atoms with Crippen molar-refractivity contribution in [3.8, 4) is 22.3 Å². The summed E-state index contributed by atoms with van der Waals surface area (Å²) in [6, 6.07) is 22.2. The van der Waals surface area contributed by atoms with E-state index in [1.807, 2.05) is 60.7 Å². The first-order valence-electron chi connectivity index (χ1n) is 13.1. The van der Waals surface area contributed by atoms with Gasteiger partial charge in [-0.05, 0) is 64.1 Å². The van der Waals surface area contributed by atoms with Crippen LogP contribution in [0.5, 0.6) is 0 Å². The van der Waals surface area contributed by atoms with Gasteiger partial charge in [-0.3, -0.25) is 4.79 Å². The average Bonchev–Trinajstić information content (AvgIpc) is 3.26. The lowest BCUT2D eigenvalue weighted by Crippen LogP contribution is -2.31. The van der Waals surface area contributed by atoms with Gasteiger partial charge in [-0.1, -0.05) is 66.7 Å². The third-order valence-corrected chi connectivity index (χ3v) is 7.01. The topological polar surface area (TPSA) is 110 Å². The van der Waals surface area contributed by atoms with E-state index in [0.29, 0.717) is 16.2 Å². The van der Waals surface area contributed by atoms with Crippen LogP contribution in [-0.2, 0) is 32.3 Å². The molecule has 2 N–H and O–H groups in total. The third-order valence-electron chi connectivity index (χ3n) is 7.01. The molecule has 5 aromatic carbocycles. The number of rotatable bonds is 8. The number of hydrogen-bond donors (Lipinski definition) is 2. The van der Waals surface area contributed by atoms with Crippen molar-refractivity contribution in [3.63, 3.8) is 0 Å². The Kier molecular flexibility index (Phi) is 7.60. The first-order chi connectivity index (χ1) is 19.4. The Balaban J connectivity index is 1.94. The number of esters is 2. The summed E-state index contributed by atoms with van der Waals surface area (Å²) in [4.78, 5) is 39.8. The van der Waals surface area contributed by atoms with Crippen LogP contribution in [0.15, 0.2) is 77.6 Å². The van der Waals surface area contributed by atoms with Gasteiger partial charge in [0.05, 0.1) is 31.6 Å². The molecule has 202 valence electrons. The maximum Gasteiger partial charge on any atom is 0.346 e. The van der Waals surface area contributed by atoms with E-state index in [1.165, 1.54) is 0 Å². The van der Waals surface area contributed by atoms with Crippen LogP contribution < -0.4 is 10.6 Å². The van der Waals surface area contributed by atoms with Gasteiger partial charge in [0.1, 0.15) is 0 Å². The number of aliphatic hydroxyl groups is 2. The minimum absolute atomic E-state index is 0.0301. The predicted molar refractivity (Wildman–Crippen MR) is 154 cm³/mol. The van der Waals surface area contributed by atoms with Crippen LogP contribution in [0.25, 0.3) is 49.4 Å². The van der Waals surface area contributed by atoms with Gasteiger partial charge >= 0.3 is 11.9 Å². The van der Waals surface area contributed by atoms with Crippen molar-refractivity contribution in [1.29, 1.82) is 0 Å². The first-order valence-corrected chi connectivity index (χ1v) is 13.1. The fourth-order valence-electron chi connectivity index (χ4n) is 5.15. The third kappa shape index (κ3) is 4.59. The van der Waals surface area contributed by atoms with Crippen molar-refractivity contribution in [1.82, 2.24) is 0 Å². The molecule has 5 rings (SSSR count). The van der Waals surface area contributed by atoms with Gasteiger partial charge in [-0.25, -0.2) is 9.59 Å². The zero-order chi connectivity index (χ0) is 28.4. The molecule has 0 aromatic heterocycles. The molecule has 0 aliphatic rings. The van der Waals surface area contributed by atoms with Crippen molar-refractivity contribution in [2.45, 2.75) is 27.1 Å². The summed E-state index contributed by atoms with van der Waals surface area (Å²) in [5.74, 6) is -1.82. The molecule has 0 radical (unpaired) electrons. The van der Waals surface area contributed by atoms with Crippen LogP contribution >= 0.6 is 0 Å². The highest BCUT2D eigenvalue weighted by Crippen LogP contribution is 2.40. The van der Waals surface area contributed by atoms with Crippen LogP contribution in [0.2, 0.25) is 0 Å². The highest BCUT2D eigenvalue weighted by atomic mass is 16.6. The zero-order valence-corrected chi connectivity index (χ0v) is 22.2. The van der Waals surface area contributed by atoms with Gasteiger partial charge in [0.25, 0.3) is 0 Å². The molecule has 0 fully saturated rings. The zero-order valence-electron chi connectivity index (χ0n) is 22.2. The molecule has 0 amide bonds. The monoisotopic (exact) mass is 536 g/mol. The highest BCUT2D eigenvalue weighted by molar-refractivity contribution is 6.38. The van der Waals surface area contributed by atoms with Gasteiger partial charge < -0.3 is 19.7 Å². The van der Waals surface area contributed by atoms with E-state index < -0.39 is 22.9 Å². The number of carbonyl (C=O) groups excluding carboxylic acids is 2. The summed E-state index contributed by atoms with van der Waals surface area (Å²) in [5.41, 5.74) is 4.09. The van der Waals surface area contributed by atoms with Crippen LogP contribution in [-0.4, -0.2) is 35.4 Å². The van der Waals surface area contributed by atoms with Gasteiger partial charge in [-0.15, -0.1) is 0 Å². The molecule has 0 aliphatic heterocycles. The normalized spacial score (nSPS) is 11.2. The highest BCUT2D eigenvalue weighted by Gasteiger charge is 2.27. The van der Waals surface area contributed by atoms with E-state index >= 15 is 0 Å². The molecule has 0 atom stereocenters. The molecule has 0 saturated carbocycles. The van der Waals surface area contributed by atoms with E-state index in [1.54, 1.807) is 26.0 Å². The van der Waals surface area contributed by atoms with Gasteiger partial charge in [0, 0.05) is 10.8 Å². The lowest BCUT2D eigenvalue weighted by Gasteiger charge is -2.14. The quantitative estimate of drug-likeness (QED) is 0.227. The summed E-state index contributed by atoms with van der Waals surface area (Å²) in [6.07, 6.45) is 0. The SMILES string of the molecule is CCOC(=O)C(C(=O)OCC)=c1c(=O)c2ccc(-c3ccc(CO)cc3)c3c(-c4ccc(CO)cc4)ccc1c32. The summed E-state index contributed by atoms with van der Waals surface area (Å²) in [5, 5.41) is 21.2. The van der Waals surface area contributed by atoms with Crippen LogP contribution in [0, 0.1) is 0 Å². The molecule has 0 aliphatic carbocycles. The molecule has 0 bridgehead atoms. The number of carbonyl (C=O) groups is 2. The smallest absolute Gasteiger partial charge is 0.346 e. The Hall–Kier alpha value is -4.59. The Morgan fingerprint density at radius 3 is 1.50 bits per heavy atom. The minimum Gasteiger partial charge on any atom is -0.462 e. The Morgan fingerprint density at radius 2 is 1.07 bits per heavy atom. The fraction of sp³-hybridized carbons (Fsp3) is 0.182. The van der Waals surface area contributed by atoms with E-state index in [0.717, 1.165) is 38.8 Å². The maximum atomic E-state index is 13.9. The maximum absolute atomic E-state index is 13.9. The molecular formula is C33H28O7. The largest absolute Gasteiger partial charge is 0.462 e. The summed E-state index contributed by atoms with van der Waals surface area (Å²) < 4.78 is 10.3. The average molecular weight is 537 g/mol. The second kappa shape index (κ2) is 11.3. The first kappa shape index (κ1) is 27.0. The van der Waals surface area contributed by atoms with Crippen molar-refractivity contribution in [3.05, 3.63) is 99.4 Å². The van der Waals surface area contributed by atoms with Crippen molar-refractivity contribution in [2.24, 2.45) is 0 Å². The van der Waals surface area contributed by atoms with Gasteiger partial charge in [0.15, 0.2) is 11.0 Å². The molecule has 0 unspecified atom stereocenters. The van der Waals surface area contributed by atoms with E-state index in [-0.39, 0.29) is 31.6 Å². The van der Waals surface area contributed by atoms with E-state index in [9.17, 15) is 24.6 Å². The van der Waals surface area contributed by atoms with Crippen LogP contribution in [0.1, 0.15) is 25.0 Å². The van der Waals surface area contributed by atoms with Crippen molar-refractivity contribution in [2.75, 3.05) is 13.2 Å². The molecule has 40 heavy (non-hydrogen) atoms. The number of hydrogen-bond acceptors (Lipinski definition) is 7. The van der Waals surface area contributed by atoms with Gasteiger partial charge in [0.2, 0.25) is 0 Å². The lowest BCUT2D eigenvalue weighted by atomic mass is 9.89. The molecule has 7 heteroatoms. The molecular weight excluding hydrogens is 508 g/mol. The van der Waals surface area contributed by atoms with Gasteiger partial charge in [-0.2, -0.15) is 0 Å². The molecule has 5 aromatic rings. The number of benzene rings is 4. The molecule has 0 saturated heterocycles. The van der Waals surface area contributed by atoms with E-state index in [4.69, 9.17) is 9.47 Å². The molecule has 0 heterocycles. The molecule has 7 nitrogen and oxygen atoms in total. The summed E-state index contributed by atoms with van der Waals surface area (Å²) in [6.45, 7) is 3.14. The predicted octanol–water partition coefficient (Wildman–Crippen LogP) is 4.11. The standard InChI is InChI=1S/C33H28O7/c1-3-39-32(37)30(33(38)40-4-2)29-25-15-13-23(21-9-5-19(17-34)6-10-21)27-24(14-16-26(28(25)27)31(29)36)22-11-7-20(18-35)8-12-22/h5-16,34-35H,3-4,17-18H2,1-2H3. The lowest BCUT2D eigenvalue weighted by molar-refractivity contribution is -0.142. The van der Waals surface area contributed by atoms with E-state index in [2.05, 4.69) is 0 Å². The van der Waals surface area contributed by atoms with Crippen LogP contribution in [0.3, 0.4) is 0 Å². The van der Waals surface area contributed by atoms with Crippen LogP contribution in [0.4, 0.5) is 0 Å². The second-order valence-electron chi connectivity index (χ2n) is 9.30. The fourth-order valence-corrected chi connectivity index (χ4v) is 5.15. The second-order valence-corrected chi connectivity index (χ2v) is 9.30. The Morgan fingerprint density at radius 1 is 0.625 bits per heavy atom. The van der Waals surface area contributed by atoms with Crippen molar-refractivity contribution < 1.29 is 29.3 Å².